The molecule has 1 aromatic rings. The molecule has 1 N–H and O–H groups in total. The maximum Gasteiger partial charge on any atom is 0.414 e. The van der Waals surface area contributed by atoms with Crippen molar-refractivity contribution >= 4 is 17.7 Å². The van der Waals surface area contributed by atoms with Gasteiger partial charge in [-0.2, -0.15) is 0 Å². The summed E-state index contributed by atoms with van der Waals surface area (Å²) in [4.78, 5) is 23.1. The normalized spacial score (nSPS) is 14.9. The number of carbonyl (C=O) groups is 2. The van der Waals surface area contributed by atoms with E-state index in [-0.39, 0.29) is 18.8 Å². The van der Waals surface area contributed by atoms with E-state index in [1.54, 1.807) is 0 Å². The lowest BCUT2D eigenvalue weighted by Crippen LogP contribution is -2.26. The molecule has 0 spiro atoms. The third-order valence-corrected chi connectivity index (χ3v) is 2.32. The van der Waals surface area contributed by atoms with Gasteiger partial charge in [-0.3, -0.25) is 4.90 Å². The highest BCUT2D eigenvalue weighted by atomic mass is 19.2. The predicted molar refractivity (Wildman–Crippen MR) is 52.0 cm³/mol. The Morgan fingerprint density at radius 1 is 1.35 bits per heavy atom. The van der Waals surface area contributed by atoms with Gasteiger partial charge in [0.25, 0.3) is 0 Å². The molecule has 0 aromatic heterocycles. The molecule has 1 aliphatic rings. The minimum absolute atomic E-state index is 0.0802. The molecule has 0 radical (unpaired) electrons. The van der Waals surface area contributed by atoms with Crippen molar-refractivity contribution in [1.82, 2.24) is 0 Å². The Bertz CT molecular complexity index is 503. The van der Waals surface area contributed by atoms with Crippen LogP contribution >= 0.6 is 0 Å². The number of carboxylic acid groups (broad SMARTS) is 1. The van der Waals surface area contributed by atoms with Gasteiger partial charge in [0, 0.05) is 6.07 Å². The summed E-state index contributed by atoms with van der Waals surface area (Å²) < 4.78 is 30.6. The minimum atomic E-state index is -1.45. The lowest BCUT2D eigenvalue weighted by Gasteiger charge is -2.15. The molecule has 1 saturated heterocycles. The standard InChI is InChI=1S/C10H7F2NO4/c11-6-3-5(9(14)15)8(4-7(6)12)13-1-2-17-10(13)16/h3-4H,1-2H2,(H,14,15). The average Bonchev–Trinajstić information content (AvgIpc) is 2.67. The molecule has 1 fully saturated rings. The molecule has 2 rings (SSSR count). The van der Waals surface area contributed by atoms with E-state index < -0.39 is 29.3 Å². The number of amides is 1. The number of halogens is 2. The largest absolute Gasteiger partial charge is 0.478 e. The van der Waals surface area contributed by atoms with Crippen LogP contribution in [0.2, 0.25) is 0 Å². The number of nitrogens with zero attached hydrogens (tertiary/aromatic N) is 1. The van der Waals surface area contributed by atoms with Crippen molar-refractivity contribution in [2.24, 2.45) is 0 Å². The van der Waals surface area contributed by atoms with Crippen molar-refractivity contribution in [3.8, 4) is 0 Å². The van der Waals surface area contributed by atoms with Crippen LogP contribution in [-0.2, 0) is 4.74 Å². The van der Waals surface area contributed by atoms with E-state index in [2.05, 4.69) is 4.74 Å². The summed E-state index contributed by atoms with van der Waals surface area (Å²) in [5.41, 5.74) is -0.693. The lowest BCUT2D eigenvalue weighted by atomic mass is 10.1. The molecule has 0 atom stereocenters. The number of aromatic carboxylic acids is 1. The van der Waals surface area contributed by atoms with Gasteiger partial charge in [0.15, 0.2) is 11.6 Å². The first-order chi connectivity index (χ1) is 8.00. The smallest absolute Gasteiger partial charge is 0.414 e. The molecule has 1 aliphatic heterocycles. The molecule has 1 aromatic carbocycles. The minimum Gasteiger partial charge on any atom is -0.478 e. The summed E-state index contributed by atoms with van der Waals surface area (Å²) in [7, 11) is 0. The van der Waals surface area contributed by atoms with Crippen LogP contribution in [0.4, 0.5) is 19.3 Å². The zero-order chi connectivity index (χ0) is 12.6. The predicted octanol–water partition coefficient (Wildman–Crippen LogP) is 1.62. The summed E-state index contributed by atoms with van der Waals surface area (Å²) in [6.45, 7) is 0.182. The fraction of sp³-hybridized carbons (Fsp3) is 0.200. The molecular weight excluding hydrogens is 236 g/mol. The number of hydrogen-bond acceptors (Lipinski definition) is 3. The molecular formula is C10H7F2NO4. The van der Waals surface area contributed by atoms with Crippen LogP contribution in [0.25, 0.3) is 0 Å². The monoisotopic (exact) mass is 243 g/mol. The summed E-state index contributed by atoms with van der Waals surface area (Å²) in [6.07, 6.45) is -0.779. The molecule has 7 heteroatoms. The highest BCUT2D eigenvalue weighted by Gasteiger charge is 2.28. The third kappa shape index (κ3) is 1.91. The fourth-order valence-corrected chi connectivity index (χ4v) is 1.54. The van der Waals surface area contributed by atoms with Gasteiger partial charge in [-0.15, -0.1) is 0 Å². The number of hydrogen-bond donors (Lipinski definition) is 1. The second-order valence-corrected chi connectivity index (χ2v) is 3.35. The summed E-state index contributed by atoms with van der Waals surface area (Å²) >= 11 is 0. The van der Waals surface area contributed by atoms with E-state index in [9.17, 15) is 18.4 Å². The second-order valence-electron chi connectivity index (χ2n) is 3.35. The van der Waals surface area contributed by atoms with Crippen LogP contribution in [0.5, 0.6) is 0 Å². The average molecular weight is 243 g/mol. The number of rotatable bonds is 2. The van der Waals surface area contributed by atoms with Crippen LogP contribution in [-0.4, -0.2) is 30.3 Å². The number of cyclic esters (lactones) is 1. The van der Waals surface area contributed by atoms with Crippen LogP contribution in [0.15, 0.2) is 12.1 Å². The molecule has 0 saturated carbocycles. The summed E-state index contributed by atoms with van der Waals surface area (Å²) in [5, 5.41) is 8.86. The topological polar surface area (TPSA) is 66.8 Å². The zero-order valence-electron chi connectivity index (χ0n) is 8.44. The van der Waals surface area contributed by atoms with Gasteiger partial charge in [0.2, 0.25) is 0 Å². The first kappa shape index (κ1) is 11.3. The van der Waals surface area contributed by atoms with Crippen molar-refractivity contribution in [2.75, 3.05) is 18.1 Å². The number of carbonyl (C=O) groups excluding carboxylic acids is 1. The fourth-order valence-electron chi connectivity index (χ4n) is 1.54. The van der Waals surface area contributed by atoms with Gasteiger partial charge in [-0.25, -0.2) is 18.4 Å². The Morgan fingerprint density at radius 2 is 2.00 bits per heavy atom. The number of ether oxygens (including phenoxy) is 1. The molecule has 90 valence electrons. The summed E-state index contributed by atoms with van der Waals surface area (Å²) in [5.74, 6) is -3.94. The third-order valence-electron chi connectivity index (χ3n) is 2.32. The van der Waals surface area contributed by atoms with E-state index in [0.717, 1.165) is 4.90 Å². The molecule has 17 heavy (non-hydrogen) atoms. The van der Waals surface area contributed by atoms with Crippen molar-refractivity contribution in [1.29, 1.82) is 0 Å². The molecule has 0 unspecified atom stereocenters. The molecule has 1 heterocycles. The lowest BCUT2D eigenvalue weighted by molar-refractivity contribution is 0.0697. The van der Waals surface area contributed by atoms with Gasteiger partial charge in [-0.05, 0) is 6.07 Å². The SMILES string of the molecule is O=C(O)c1cc(F)c(F)cc1N1CCOC1=O. The van der Waals surface area contributed by atoms with Crippen molar-refractivity contribution < 1.29 is 28.2 Å². The highest BCUT2D eigenvalue weighted by molar-refractivity contribution is 6.00. The molecule has 1 amide bonds. The maximum absolute atomic E-state index is 13.1. The van der Waals surface area contributed by atoms with Gasteiger partial charge in [-0.1, -0.05) is 0 Å². The highest BCUT2D eigenvalue weighted by Crippen LogP contribution is 2.26. The van der Waals surface area contributed by atoms with E-state index in [0.29, 0.717) is 12.1 Å². The number of carboxylic acids is 1. The molecule has 0 bridgehead atoms. The van der Waals surface area contributed by atoms with Gasteiger partial charge in [0.05, 0.1) is 17.8 Å². The Labute approximate surface area is 94.2 Å². The zero-order valence-corrected chi connectivity index (χ0v) is 8.44. The Morgan fingerprint density at radius 3 is 2.53 bits per heavy atom. The first-order valence-electron chi connectivity index (χ1n) is 4.67. The van der Waals surface area contributed by atoms with E-state index in [1.807, 2.05) is 0 Å². The van der Waals surface area contributed by atoms with Gasteiger partial charge < -0.3 is 9.84 Å². The number of benzene rings is 1. The van der Waals surface area contributed by atoms with Gasteiger partial charge >= 0.3 is 12.1 Å². The van der Waals surface area contributed by atoms with E-state index in [4.69, 9.17) is 5.11 Å². The van der Waals surface area contributed by atoms with Crippen molar-refractivity contribution in [2.45, 2.75) is 0 Å². The maximum atomic E-state index is 13.1. The van der Waals surface area contributed by atoms with E-state index in [1.165, 1.54) is 0 Å². The van der Waals surface area contributed by atoms with Gasteiger partial charge in [0.1, 0.15) is 6.61 Å². The Balaban J connectivity index is 2.54. The Hall–Kier alpha value is -2.18. The second kappa shape index (κ2) is 4.00. The van der Waals surface area contributed by atoms with Crippen LogP contribution in [0.1, 0.15) is 10.4 Å². The molecule has 5 nitrogen and oxygen atoms in total. The molecule has 0 aliphatic carbocycles. The van der Waals surface area contributed by atoms with Crippen molar-refractivity contribution in [3.63, 3.8) is 0 Å². The Kier molecular flexibility index (Phi) is 2.66. The van der Waals surface area contributed by atoms with E-state index >= 15 is 0 Å². The first-order valence-corrected chi connectivity index (χ1v) is 4.67. The number of anilines is 1. The summed E-state index contributed by atoms with van der Waals surface area (Å²) in [6, 6.07) is 1.21. The quantitative estimate of drug-likeness (QED) is 0.857. The van der Waals surface area contributed by atoms with Crippen LogP contribution in [0, 0.1) is 11.6 Å². The van der Waals surface area contributed by atoms with Crippen molar-refractivity contribution in [3.05, 3.63) is 29.3 Å². The van der Waals surface area contributed by atoms with Crippen LogP contribution < -0.4 is 4.90 Å². The van der Waals surface area contributed by atoms with Crippen LogP contribution in [0.3, 0.4) is 0 Å².